The number of rotatable bonds is 2. The van der Waals surface area contributed by atoms with Crippen molar-refractivity contribution < 1.29 is 4.39 Å². The zero-order valence-corrected chi connectivity index (χ0v) is 7.89. The van der Waals surface area contributed by atoms with Gasteiger partial charge in [0.05, 0.1) is 0 Å². The molecule has 0 saturated carbocycles. The van der Waals surface area contributed by atoms with Crippen LogP contribution in [0, 0.1) is 5.92 Å². The van der Waals surface area contributed by atoms with Crippen LogP contribution in [-0.2, 0) is 0 Å². The van der Waals surface area contributed by atoms with Gasteiger partial charge in [-0.15, -0.1) is 0 Å². The third-order valence-corrected chi connectivity index (χ3v) is 2.70. The first kappa shape index (κ1) is 8.98. The molecule has 11 heavy (non-hydrogen) atoms. The van der Waals surface area contributed by atoms with Crippen LogP contribution in [0.25, 0.3) is 0 Å². The SMILES string of the molecule is CC(C)N1CC(F)(C(C)C)C1. The highest BCUT2D eigenvalue weighted by molar-refractivity contribution is 4.99. The first-order valence-corrected chi connectivity index (χ1v) is 4.38. The molecule has 0 bridgehead atoms. The van der Waals surface area contributed by atoms with Crippen molar-refractivity contribution in [2.24, 2.45) is 5.92 Å². The minimum Gasteiger partial charge on any atom is -0.294 e. The second-order valence-electron chi connectivity index (χ2n) is 4.19. The second kappa shape index (κ2) is 2.74. The number of hydrogen-bond acceptors (Lipinski definition) is 1. The summed E-state index contributed by atoms with van der Waals surface area (Å²) < 4.78 is 13.6. The van der Waals surface area contributed by atoms with Crippen molar-refractivity contribution in [1.29, 1.82) is 0 Å². The standard InChI is InChI=1S/C9H18FN/c1-7(2)9(10)5-11(6-9)8(3)4/h7-8H,5-6H2,1-4H3. The Hall–Kier alpha value is -0.110. The Morgan fingerprint density at radius 1 is 1.18 bits per heavy atom. The molecular formula is C9H18FN. The van der Waals surface area contributed by atoms with E-state index < -0.39 is 5.67 Å². The highest BCUT2D eigenvalue weighted by Crippen LogP contribution is 2.33. The van der Waals surface area contributed by atoms with Crippen molar-refractivity contribution in [2.75, 3.05) is 13.1 Å². The molecule has 0 radical (unpaired) electrons. The van der Waals surface area contributed by atoms with E-state index in [0.717, 1.165) is 0 Å². The summed E-state index contributed by atoms with van der Waals surface area (Å²) in [6, 6.07) is 0.498. The summed E-state index contributed by atoms with van der Waals surface area (Å²) in [5.74, 6) is 0.164. The summed E-state index contributed by atoms with van der Waals surface area (Å²) in [6.07, 6.45) is 0. The topological polar surface area (TPSA) is 3.24 Å². The van der Waals surface area contributed by atoms with Crippen molar-refractivity contribution >= 4 is 0 Å². The summed E-state index contributed by atoms with van der Waals surface area (Å²) >= 11 is 0. The fourth-order valence-electron chi connectivity index (χ4n) is 1.36. The molecule has 1 saturated heterocycles. The van der Waals surface area contributed by atoms with Crippen molar-refractivity contribution in [3.8, 4) is 0 Å². The van der Waals surface area contributed by atoms with Gasteiger partial charge in [0.2, 0.25) is 0 Å². The summed E-state index contributed by atoms with van der Waals surface area (Å²) in [4.78, 5) is 2.17. The number of alkyl halides is 1. The van der Waals surface area contributed by atoms with E-state index in [-0.39, 0.29) is 5.92 Å². The molecule has 66 valence electrons. The fraction of sp³-hybridized carbons (Fsp3) is 1.00. The van der Waals surface area contributed by atoms with Crippen LogP contribution in [0.3, 0.4) is 0 Å². The predicted octanol–water partition coefficient (Wildman–Crippen LogP) is 2.07. The van der Waals surface area contributed by atoms with Gasteiger partial charge in [-0.05, 0) is 19.8 Å². The van der Waals surface area contributed by atoms with Crippen LogP contribution in [0.2, 0.25) is 0 Å². The molecule has 0 aliphatic carbocycles. The van der Waals surface area contributed by atoms with Gasteiger partial charge in [0, 0.05) is 19.1 Å². The van der Waals surface area contributed by atoms with E-state index in [1.54, 1.807) is 0 Å². The van der Waals surface area contributed by atoms with Gasteiger partial charge in [-0.2, -0.15) is 0 Å². The maximum atomic E-state index is 13.6. The Bertz CT molecular complexity index is 136. The van der Waals surface area contributed by atoms with Crippen LogP contribution in [0.5, 0.6) is 0 Å². The Kier molecular flexibility index (Phi) is 2.24. The van der Waals surface area contributed by atoms with Crippen molar-refractivity contribution in [3.63, 3.8) is 0 Å². The molecule has 1 aliphatic rings. The third kappa shape index (κ3) is 1.56. The monoisotopic (exact) mass is 159 g/mol. The lowest BCUT2D eigenvalue weighted by Gasteiger charge is -2.49. The molecular weight excluding hydrogens is 141 g/mol. The van der Waals surface area contributed by atoms with E-state index in [1.165, 1.54) is 0 Å². The average molecular weight is 159 g/mol. The van der Waals surface area contributed by atoms with Crippen molar-refractivity contribution in [2.45, 2.75) is 39.4 Å². The molecule has 1 rings (SSSR count). The highest BCUT2D eigenvalue weighted by atomic mass is 19.1. The van der Waals surface area contributed by atoms with Gasteiger partial charge in [-0.25, -0.2) is 4.39 Å². The molecule has 0 spiro atoms. The van der Waals surface area contributed by atoms with Crippen LogP contribution >= 0.6 is 0 Å². The first-order chi connectivity index (χ1) is 4.96. The smallest absolute Gasteiger partial charge is 0.138 e. The Morgan fingerprint density at radius 3 is 1.91 bits per heavy atom. The molecule has 1 heterocycles. The molecule has 1 aliphatic heterocycles. The van der Waals surface area contributed by atoms with E-state index >= 15 is 0 Å². The van der Waals surface area contributed by atoms with Crippen LogP contribution in [0.1, 0.15) is 27.7 Å². The fourth-order valence-corrected chi connectivity index (χ4v) is 1.36. The quantitative estimate of drug-likeness (QED) is 0.596. The lowest BCUT2D eigenvalue weighted by molar-refractivity contribution is -0.0791. The molecule has 0 aromatic heterocycles. The van der Waals surface area contributed by atoms with Gasteiger partial charge in [0.1, 0.15) is 5.67 Å². The predicted molar refractivity (Wildman–Crippen MR) is 45.4 cm³/mol. The van der Waals surface area contributed by atoms with Crippen LogP contribution in [0.15, 0.2) is 0 Å². The number of nitrogens with zero attached hydrogens (tertiary/aromatic N) is 1. The maximum Gasteiger partial charge on any atom is 0.138 e. The van der Waals surface area contributed by atoms with Gasteiger partial charge in [0.15, 0.2) is 0 Å². The van der Waals surface area contributed by atoms with Gasteiger partial charge >= 0.3 is 0 Å². The molecule has 0 atom stereocenters. The lowest BCUT2D eigenvalue weighted by Crippen LogP contribution is -2.63. The van der Waals surface area contributed by atoms with Gasteiger partial charge in [0.25, 0.3) is 0 Å². The molecule has 1 nitrogen and oxygen atoms in total. The van der Waals surface area contributed by atoms with E-state index in [9.17, 15) is 4.39 Å². The van der Waals surface area contributed by atoms with Gasteiger partial charge in [-0.3, -0.25) is 4.90 Å². The van der Waals surface area contributed by atoms with Crippen LogP contribution in [-0.4, -0.2) is 29.7 Å². The van der Waals surface area contributed by atoms with Crippen LogP contribution in [0.4, 0.5) is 4.39 Å². The van der Waals surface area contributed by atoms with E-state index in [2.05, 4.69) is 18.7 Å². The molecule has 0 unspecified atom stereocenters. The number of halogens is 1. The lowest BCUT2D eigenvalue weighted by atomic mass is 9.84. The Balaban J connectivity index is 2.38. The van der Waals surface area contributed by atoms with Crippen molar-refractivity contribution in [3.05, 3.63) is 0 Å². The zero-order valence-electron chi connectivity index (χ0n) is 7.89. The normalized spacial score (nSPS) is 24.3. The molecule has 0 aromatic rings. The molecule has 0 amide bonds. The molecule has 0 N–H and O–H groups in total. The summed E-state index contributed by atoms with van der Waals surface area (Å²) in [5, 5.41) is 0. The van der Waals surface area contributed by atoms with Crippen LogP contribution < -0.4 is 0 Å². The Morgan fingerprint density at radius 2 is 1.64 bits per heavy atom. The summed E-state index contributed by atoms with van der Waals surface area (Å²) in [5.41, 5.74) is -0.899. The zero-order chi connectivity index (χ0) is 8.65. The minimum atomic E-state index is -0.899. The molecule has 2 heteroatoms. The molecule has 0 aromatic carbocycles. The van der Waals surface area contributed by atoms with E-state index in [0.29, 0.717) is 19.1 Å². The van der Waals surface area contributed by atoms with Gasteiger partial charge in [-0.1, -0.05) is 13.8 Å². The third-order valence-electron chi connectivity index (χ3n) is 2.70. The number of hydrogen-bond donors (Lipinski definition) is 0. The minimum absolute atomic E-state index is 0.164. The van der Waals surface area contributed by atoms with Crippen molar-refractivity contribution in [1.82, 2.24) is 4.90 Å². The summed E-state index contributed by atoms with van der Waals surface area (Å²) in [6.45, 7) is 9.39. The molecule has 1 fully saturated rings. The number of likely N-dealkylation sites (tertiary alicyclic amines) is 1. The van der Waals surface area contributed by atoms with E-state index in [4.69, 9.17) is 0 Å². The highest BCUT2D eigenvalue weighted by Gasteiger charge is 2.46. The Labute approximate surface area is 68.6 Å². The summed E-state index contributed by atoms with van der Waals surface area (Å²) in [7, 11) is 0. The van der Waals surface area contributed by atoms with E-state index in [1.807, 2.05) is 13.8 Å². The second-order valence-corrected chi connectivity index (χ2v) is 4.19. The van der Waals surface area contributed by atoms with Gasteiger partial charge < -0.3 is 0 Å². The maximum absolute atomic E-state index is 13.6. The first-order valence-electron chi connectivity index (χ1n) is 4.38. The largest absolute Gasteiger partial charge is 0.294 e. The average Bonchev–Trinajstić information content (AvgIpc) is 1.79.